The van der Waals surface area contributed by atoms with Crippen molar-refractivity contribution in [3.8, 4) is 17.0 Å². The van der Waals surface area contributed by atoms with Gasteiger partial charge in [0, 0.05) is 11.3 Å². The lowest BCUT2D eigenvalue weighted by atomic mass is 10.1. The maximum atomic E-state index is 13.1. The fourth-order valence-corrected chi connectivity index (χ4v) is 4.71. The Morgan fingerprint density at radius 3 is 2.19 bits per heavy atom. The van der Waals surface area contributed by atoms with Gasteiger partial charge in [-0.15, -0.1) is 0 Å². The highest BCUT2D eigenvalue weighted by Gasteiger charge is 2.27. The molecule has 0 unspecified atom stereocenters. The average molecular weight is 446 g/mol. The standard InChI is InChI=1S/C17H13Cl3N3O3S/c1-9-15(20)16(10-7-13(18)17(26-2)14(19)8-10)23(22-9)27(24,25)12-5-3-11(21)4-6-12/h3-8H,1,21H2,2H3. The monoisotopic (exact) mass is 444 g/mol. The van der Waals surface area contributed by atoms with Crippen LogP contribution in [0.25, 0.3) is 11.3 Å². The number of aromatic nitrogens is 2. The van der Waals surface area contributed by atoms with Gasteiger partial charge in [0.05, 0.1) is 32.8 Å². The van der Waals surface area contributed by atoms with Crippen LogP contribution in [0.1, 0.15) is 5.69 Å². The zero-order valence-corrected chi connectivity index (χ0v) is 17.0. The van der Waals surface area contributed by atoms with Crippen LogP contribution in [0.15, 0.2) is 41.3 Å². The molecular formula is C17H13Cl3N3O3S. The van der Waals surface area contributed by atoms with Crippen LogP contribution in [0.5, 0.6) is 5.75 Å². The van der Waals surface area contributed by atoms with Gasteiger partial charge in [0.15, 0.2) is 5.75 Å². The lowest BCUT2D eigenvalue weighted by Crippen LogP contribution is -2.16. The Hall–Kier alpha value is -1.93. The SMILES string of the molecule is [CH2]c1nn(S(=O)(=O)c2ccc(N)cc2)c(-c2cc(Cl)c(OC)c(Cl)c2)c1Cl. The van der Waals surface area contributed by atoms with E-state index in [2.05, 4.69) is 12.0 Å². The normalized spacial score (nSPS) is 11.6. The predicted octanol–water partition coefficient (Wildman–Crippen LogP) is 4.52. The van der Waals surface area contributed by atoms with E-state index in [1.807, 2.05) is 0 Å². The van der Waals surface area contributed by atoms with Crippen LogP contribution in [-0.4, -0.2) is 24.7 Å². The molecule has 0 aliphatic rings. The molecule has 3 aromatic rings. The Morgan fingerprint density at radius 1 is 1.11 bits per heavy atom. The zero-order chi connectivity index (χ0) is 19.9. The summed E-state index contributed by atoms with van der Waals surface area (Å²) in [5, 5.41) is 4.44. The van der Waals surface area contributed by atoms with Crippen molar-refractivity contribution in [3.05, 3.63) is 64.1 Å². The molecule has 27 heavy (non-hydrogen) atoms. The van der Waals surface area contributed by atoms with Gasteiger partial charge in [0.25, 0.3) is 10.0 Å². The lowest BCUT2D eigenvalue weighted by Gasteiger charge is -2.12. The summed E-state index contributed by atoms with van der Waals surface area (Å²) in [6.07, 6.45) is 0. The van der Waals surface area contributed by atoms with E-state index >= 15 is 0 Å². The van der Waals surface area contributed by atoms with Crippen LogP contribution in [0, 0.1) is 6.92 Å². The smallest absolute Gasteiger partial charge is 0.283 e. The van der Waals surface area contributed by atoms with Crippen molar-refractivity contribution in [2.75, 3.05) is 12.8 Å². The van der Waals surface area contributed by atoms with Gasteiger partial charge in [-0.3, -0.25) is 0 Å². The Kier molecular flexibility index (Phi) is 5.31. The summed E-state index contributed by atoms with van der Waals surface area (Å²) in [5.74, 6) is 0.264. The summed E-state index contributed by atoms with van der Waals surface area (Å²) in [7, 11) is -2.65. The zero-order valence-electron chi connectivity index (χ0n) is 13.9. The molecule has 0 aliphatic heterocycles. The van der Waals surface area contributed by atoms with Crippen LogP contribution in [0.4, 0.5) is 5.69 Å². The van der Waals surface area contributed by atoms with Crippen LogP contribution < -0.4 is 10.5 Å². The van der Waals surface area contributed by atoms with Crippen LogP contribution >= 0.6 is 34.8 Å². The summed E-state index contributed by atoms with van der Waals surface area (Å²) in [6.45, 7) is 3.69. The first-order valence-electron chi connectivity index (χ1n) is 7.41. The lowest BCUT2D eigenvalue weighted by molar-refractivity contribution is 0.415. The van der Waals surface area contributed by atoms with Crippen molar-refractivity contribution in [1.82, 2.24) is 9.19 Å². The molecule has 141 valence electrons. The van der Waals surface area contributed by atoms with Gasteiger partial charge in [-0.1, -0.05) is 34.8 Å². The Balaban J connectivity index is 2.27. The number of nitrogen functional groups attached to an aromatic ring is 1. The topological polar surface area (TPSA) is 87.2 Å². The summed E-state index contributed by atoms with van der Waals surface area (Å²) in [6, 6.07) is 8.68. The molecule has 1 heterocycles. The third-order valence-corrected chi connectivity index (χ3v) is 6.29. The van der Waals surface area contributed by atoms with E-state index in [1.54, 1.807) is 0 Å². The molecule has 1 radical (unpaired) electrons. The van der Waals surface area contributed by atoms with Crippen LogP contribution in [0.3, 0.4) is 0 Å². The highest BCUT2D eigenvalue weighted by molar-refractivity contribution is 7.90. The van der Waals surface area contributed by atoms with Gasteiger partial charge in [-0.25, -0.2) is 0 Å². The number of nitrogens with zero attached hydrogens (tertiary/aromatic N) is 2. The Morgan fingerprint density at radius 2 is 1.67 bits per heavy atom. The molecule has 2 aromatic carbocycles. The number of ether oxygens (including phenoxy) is 1. The van der Waals surface area contributed by atoms with Crippen molar-refractivity contribution in [3.63, 3.8) is 0 Å². The molecule has 0 spiro atoms. The molecular weight excluding hydrogens is 433 g/mol. The summed E-state index contributed by atoms with van der Waals surface area (Å²) in [5.41, 5.74) is 6.58. The van der Waals surface area contributed by atoms with Crippen molar-refractivity contribution in [1.29, 1.82) is 0 Å². The number of halogens is 3. The third kappa shape index (κ3) is 3.48. The van der Waals surface area contributed by atoms with Crippen molar-refractivity contribution < 1.29 is 13.2 Å². The molecule has 0 saturated heterocycles. The summed E-state index contributed by atoms with van der Waals surface area (Å²) >= 11 is 18.7. The van der Waals surface area contributed by atoms with Crippen molar-refractivity contribution in [2.24, 2.45) is 0 Å². The number of rotatable bonds is 4. The minimum Gasteiger partial charge on any atom is -0.494 e. The van der Waals surface area contributed by atoms with Gasteiger partial charge in [-0.05, 0) is 43.3 Å². The van der Waals surface area contributed by atoms with Gasteiger partial charge >= 0.3 is 0 Å². The van der Waals surface area contributed by atoms with Gasteiger partial charge in [-0.2, -0.15) is 17.6 Å². The highest BCUT2D eigenvalue weighted by Crippen LogP contribution is 2.40. The molecule has 0 bridgehead atoms. The van der Waals surface area contributed by atoms with Gasteiger partial charge in [0.1, 0.15) is 5.69 Å². The van der Waals surface area contributed by atoms with E-state index in [9.17, 15) is 8.42 Å². The number of nitrogens with two attached hydrogens (primary N) is 1. The number of anilines is 1. The molecule has 1 aromatic heterocycles. The average Bonchev–Trinajstić information content (AvgIpc) is 2.91. The molecule has 3 rings (SSSR count). The molecule has 10 heteroatoms. The molecule has 0 amide bonds. The van der Waals surface area contributed by atoms with E-state index in [0.717, 1.165) is 4.09 Å². The first kappa shape index (κ1) is 19.8. The first-order chi connectivity index (χ1) is 12.7. The van der Waals surface area contributed by atoms with E-state index in [4.69, 9.17) is 45.3 Å². The maximum absolute atomic E-state index is 13.1. The van der Waals surface area contributed by atoms with Gasteiger partial charge in [0.2, 0.25) is 0 Å². The summed E-state index contributed by atoms with van der Waals surface area (Å²) < 4.78 is 32.1. The molecule has 0 fully saturated rings. The summed E-state index contributed by atoms with van der Waals surface area (Å²) in [4.78, 5) is -0.0113. The Bertz CT molecular complexity index is 1100. The second-order valence-corrected chi connectivity index (χ2v) is 8.46. The minimum absolute atomic E-state index is 0.0113. The largest absolute Gasteiger partial charge is 0.494 e. The second kappa shape index (κ2) is 7.24. The molecule has 2 N–H and O–H groups in total. The van der Waals surface area contributed by atoms with E-state index < -0.39 is 10.0 Å². The molecule has 0 aliphatic carbocycles. The number of hydrogen-bond donors (Lipinski definition) is 1. The number of benzene rings is 2. The first-order valence-corrected chi connectivity index (χ1v) is 9.99. The fourth-order valence-electron chi connectivity index (χ4n) is 2.47. The fraction of sp³-hybridized carbons (Fsp3) is 0.0588. The quantitative estimate of drug-likeness (QED) is 0.597. The van der Waals surface area contributed by atoms with E-state index in [-0.39, 0.29) is 37.1 Å². The highest BCUT2D eigenvalue weighted by atomic mass is 35.5. The third-order valence-electron chi connectivity index (χ3n) is 3.75. The van der Waals surface area contributed by atoms with E-state index in [1.165, 1.54) is 43.5 Å². The second-order valence-electron chi connectivity index (χ2n) is 5.50. The van der Waals surface area contributed by atoms with Crippen molar-refractivity contribution in [2.45, 2.75) is 4.90 Å². The van der Waals surface area contributed by atoms with Crippen LogP contribution in [0.2, 0.25) is 15.1 Å². The van der Waals surface area contributed by atoms with Crippen LogP contribution in [-0.2, 0) is 10.0 Å². The van der Waals surface area contributed by atoms with Gasteiger partial charge < -0.3 is 10.5 Å². The number of hydrogen-bond acceptors (Lipinski definition) is 5. The Labute approximate surface area is 171 Å². The molecule has 6 nitrogen and oxygen atoms in total. The van der Waals surface area contributed by atoms with E-state index in [0.29, 0.717) is 11.3 Å². The maximum Gasteiger partial charge on any atom is 0.283 e. The molecule has 0 atom stereocenters. The molecule has 0 saturated carbocycles. The predicted molar refractivity (Wildman–Crippen MR) is 107 cm³/mol. The minimum atomic E-state index is -4.07. The van der Waals surface area contributed by atoms with Crippen molar-refractivity contribution >= 4 is 50.5 Å². The number of methoxy groups -OCH3 is 1.